The van der Waals surface area contributed by atoms with Crippen molar-refractivity contribution in [2.75, 3.05) is 6.16 Å². The molecular formula is C4H8O2P. The number of hydrogen-bond donors (Lipinski definition) is 0. The van der Waals surface area contributed by atoms with Crippen molar-refractivity contribution >= 4 is 7.37 Å². The van der Waals surface area contributed by atoms with Gasteiger partial charge in [0.25, 0.3) is 0 Å². The van der Waals surface area contributed by atoms with Gasteiger partial charge in [-0.1, -0.05) is 6.92 Å². The van der Waals surface area contributed by atoms with Crippen molar-refractivity contribution in [3.05, 3.63) is 6.35 Å². The summed E-state index contributed by atoms with van der Waals surface area (Å²) in [6.45, 7) is 2.00. The highest BCUT2D eigenvalue weighted by Gasteiger charge is 2.37. The van der Waals surface area contributed by atoms with Crippen LogP contribution in [-0.4, -0.2) is 6.16 Å². The molecule has 1 rings (SSSR count). The Morgan fingerprint density at radius 1 is 1.86 bits per heavy atom. The summed E-state index contributed by atoms with van der Waals surface area (Å²) < 4.78 is 15.2. The van der Waals surface area contributed by atoms with Crippen molar-refractivity contribution < 1.29 is 9.09 Å². The van der Waals surface area contributed by atoms with Crippen LogP contribution >= 0.6 is 7.37 Å². The molecular weight excluding hydrogens is 111 g/mol. The van der Waals surface area contributed by atoms with Gasteiger partial charge in [-0.2, -0.15) is 0 Å². The van der Waals surface area contributed by atoms with Crippen LogP contribution in [-0.2, 0) is 9.09 Å². The Morgan fingerprint density at radius 3 is 2.57 bits per heavy atom. The lowest BCUT2D eigenvalue weighted by atomic mass is 10.6. The smallest absolute Gasteiger partial charge is 0.235 e. The molecule has 1 radical (unpaired) electrons. The van der Waals surface area contributed by atoms with Crippen molar-refractivity contribution in [1.29, 1.82) is 0 Å². The summed E-state index contributed by atoms with van der Waals surface area (Å²) >= 11 is 0. The van der Waals surface area contributed by atoms with E-state index in [2.05, 4.69) is 4.52 Å². The molecule has 0 saturated carbocycles. The van der Waals surface area contributed by atoms with Crippen molar-refractivity contribution in [2.45, 2.75) is 13.3 Å². The van der Waals surface area contributed by atoms with E-state index in [9.17, 15) is 4.57 Å². The Kier molecular flexibility index (Phi) is 1.22. The van der Waals surface area contributed by atoms with Gasteiger partial charge in [0.2, 0.25) is 7.37 Å². The fourth-order valence-electron chi connectivity index (χ4n) is 0.470. The van der Waals surface area contributed by atoms with Crippen LogP contribution in [0.5, 0.6) is 0 Å². The topological polar surface area (TPSA) is 29.6 Å². The average Bonchev–Trinajstić information content (AvgIpc) is 2.22. The molecule has 3 heteroatoms. The highest BCUT2D eigenvalue weighted by atomic mass is 31.2. The van der Waals surface area contributed by atoms with E-state index in [1.54, 1.807) is 0 Å². The van der Waals surface area contributed by atoms with Gasteiger partial charge >= 0.3 is 0 Å². The summed E-state index contributed by atoms with van der Waals surface area (Å²) in [5.41, 5.74) is 0. The quantitative estimate of drug-likeness (QED) is 0.410. The van der Waals surface area contributed by atoms with E-state index >= 15 is 0 Å². The zero-order valence-corrected chi connectivity index (χ0v) is 5.15. The summed E-state index contributed by atoms with van der Waals surface area (Å²) in [6.07, 6.45) is 3.14. The molecule has 1 heterocycles. The number of rotatable bonds is 2. The molecule has 1 unspecified atom stereocenters. The van der Waals surface area contributed by atoms with E-state index in [1.165, 1.54) is 6.35 Å². The lowest BCUT2D eigenvalue weighted by Gasteiger charge is -1.82. The van der Waals surface area contributed by atoms with Crippen LogP contribution in [0.4, 0.5) is 0 Å². The van der Waals surface area contributed by atoms with Crippen LogP contribution < -0.4 is 0 Å². The Morgan fingerprint density at radius 2 is 2.43 bits per heavy atom. The van der Waals surface area contributed by atoms with Crippen LogP contribution in [0.1, 0.15) is 13.3 Å². The minimum Gasteiger partial charge on any atom is -0.309 e. The minimum absolute atomic E-state index is 0.729. The molecule has 1 saturated heterocycles. The van der Waals surface area contributed by atoms with Crippen molar-refractivity contribution in [1.82, 2.24) is 0 Å². The fourth-order valence-corrected chi connectivity index (χ4v) is 1.72. The maximum absolute atomic E-state index is 10.6. The van der Waals surface area contributed by atoms with Gasteiger partial charge in [0.15, 0.2) is 6.35 Å². The number of hydrogen-bond acceptors (Lipinski definition) is 2. The second-order valence-electron chi connectivity index (χ2n) is 1.66. The van der Waals surface area contributed by atoms with Gasteiger partial charge in [-0.15, -0.1) is 0 Å². The van der Waals surface area contributed by atoms with Gasteiger partial charge in [-0.25, -0.2) is 0 Å². The van der Waals surface area contributed by atoms with Crippen molar-refractivity contribution in [3.8, 4) is 0 Å². The Bertz CT molecular complexity index is 102. The SMILES string of the molecule is CCCP1(=O)[CH]O1. The highest BCUT2D eigenvalue weighted by Crippen LogP contribution is 2.67. The van der Waals surface area contributed by atoms with Gasteiger partial charge in [0.05, 0.1) is 0 Å². The second kappa shape index (κ2) is 1.61. The van der Waals surface area contributed by atoms with Gasteiger partial charge in [0, 0.05) is 6.16 Å². The van der Waals surface area contributed by atoms with Crippen LogP contribution in [0.3, 0.4) is 0 Å². The van der Waals surface area contributed by atoms with E-state index in [1.807, 2.05) is 6.92 Å². The average molecular weight is 119 g/mol. The fraction of sp³-hybridized carbons (Fsp3) is 0.750. The first kappa shape index (κ1) is 5.33. The summed E-state index contributed by atoms with van der Waals surface area (Å²) in [5.74, 6) is 0. The minimum atomic E-state index is -2.04. The zero-order valence-electron chi connectivity index (χ0n) is 4.26. The standard InChI is InChI=1S/C4H8O2P/c1-2-3-7(5)4-6-7/h4H,2-3H2,1H3. The van der Waals surface area contributed by atoms with E-state index in [4.69, 9.17) is 0 Å². The van der Waals surface area contributed by atoms with Crippen molar-refractivity contribution in [2.24, 2.45) is 0 Å². The Labute approximate surface area is 43.3 Å². The second-order valence-corrected chi connectivity index (χ2v) is 3.98. The molecule has 0 aromatic rings. The highest BCUT2D eigenvalue weighted by molar-refractivity contribution is 7.67. The molecule has 7 heavy (non-hydrogen) atoms. The summed E-state index contributed by atoms with van der Waals surface area (Å²) in [4.78, 5) is 0. The first-order chi connectivity index (χ1) is 3.27. The maximum atomic E-state index is 10.6. The Hall–Kier alpha value is 0.190. The van der Waals surface area contributed by atoms with Gasteiger partial charge in [0.1, 0.15) is 0 Å². The third kappa shape index (κ3) is 1.29. The summed E-state index contributed by atoms with van der Waals surface area (Å²) in [6, 6.07) is 0. The lowest BCUT2D eigenvalue weighted by molar-refractivity contribution is 0.532. The molecule has 2 nitrogen and oxygen atoms in total. The molecule has 0 N–H and O–H groups in total. The van der Waals surface area contributed by atoms with E-state index in [0.717, 1.165) is 12.6 Å². The maximum Gasteiger partial charge on any atom is 0.235 e. The normalized spacial score (nSPS) is 38.4. The molecule has 1 atom stereocenters. The first-order valence-corrected chi connectivity index (χ1v) is 4.26. The Balaban J connectivity index is 2.27. The van der Waals surface area contributed by atoms with Crippen molar-refractivity contribution in [3.63, 3.8) is 0 Å². The largest absolute Gasteiger partial charge is 0.309 e. The van der Waals surface area contributed by atoms with E-state index < -0.39 is 7.37 Å². The van der Waals surface area contributed by atoms with Crippen LogP contribution in [0, 0.1) is 6.35 Å². The molecule has 0 spiro atoms. The monoisotopic (exact) mass is 119 g/mol. The molecule has 0 amide bonds. The van der Waals surface area contributed by atoms with E-state index in [0.29, 0.717) is 0 Å². The zero-order chi connectivity index (χ0) is 5.33. The predicted molar refractivity (Wildman–Crippen MR) is 28.1 cm³/mol. The van der Waals surface area contributed by atoms with E-state index in [-0.39, 0.29) is 0 Å². The molecule has 1 aliphatic rings. The molecule has 0 bridgehead atoms. The summed E-state index contributed by atoms with van der Waals surface area (Å²) in [7, 11) is -2.04. The van der Waals surface area contributed by atoms with Crippen LogP contribution in [0.2, 0.25) is 0 Å². The third-order valence-corrected chi connectivity index (χ3v) is 2.63. The summed E-state index contributed by atoms with van der Waals surface area (Å²) in [5, 5.41) is 0. The molecule has 1 aliphatic heterocycles. The lowest BCUT2D eigenvalue weighted by Crippen LogP contribution is -1.67. The van der Waals surface area contributed by atoms with Gasteiger partial charge < -0.3 is 4.52 Å². The van der Waals surface area contributed by atoms with Gasteiger partial charge in [-0.3, -0.25) is 4.57 Å². The molecule has 41 valence electrons. The molecule has 1 fully saturated rings. The molecule has 0 aromatic heterocycles. The van der Waals surface area contributed by atoms with Crippen LogP contribution in [0.15, 0.2) is 0 Å². The predicted octanol–water partition coefficient (Wildman–Crippen LogP) is 1.82. The molecule has 0 aromatic carbocycles. The first-order valence-electron chi connectivity index (χ1n) is 2.38. The van der Waals surface area contributed by atoms with Gasteiger partial charge in [-0.05, 0) is 6.42 Å². The third-order valence-electron chi connectivity index (χ3n) is 0.876. The molecule has 0 aliphatic carbocycles. The van der Waals surface area contributed by atoms with Crippen LogP contribution in [0.25, 0.3) is 0 Å².